The summed E-state index contributed by atoms with van der Waals surface area (Å²) in [5.74, 6) is 0. The topological polar surface area (TPSA) is 42.7 Å². The van der Waals surface area contributed by atoms with Crippen LogP contribution in [0.25, 0.3) is 0 Å². The Bertz CT molecular complexity index is 449. The number of hydrogen-bond donors (Lipinski definition) is 1. The third-order valence-corrected chi connectivity index (χ3v) is 3.81. The lowest BCUT2D eigenvalue weighted by molar-refractivity contribution is 0.526. The molecule has 0 bridgehead atoms. The van der Waals surface area contributed by atoms with Crippen molar-refractivity contribution < 1.29 is 0 Å². The van der Waals surface area contributed by atoms with Crippen molar-refractivity contribution in [1.82, 2.24) is 19.9 Å². The summed E-state index contributed by atoms with van der Waals surface area (Å²) in [6.07, 6.45) is 7.91. The Balaban J connectivity index is 2.13. The van der Waals surface area contributed by atoms with Crippen molar-refractivity contribution in [3.8, 4) is 0 Å². The number of aromatic nitrogens is 3. The summed E-state index contributed by atoms with van der Waals surface area (Å²) in [7, 11) is 0. The first kappa shape index (κ1) is 13.2. The van der Waals surface area contributed by atoms with Crippen LogP contribution in [-0.2, 0) is 6.54 Å². The predicted molar refractivity (Wildman–Crippen MR) is 74.8 cm³/mol. The van der Waals surface area contributed by atoms with Gasteiger partial charge in [-0.05, 0) is 19.4 Å². The molecule has 0 aromatic carbocycles. The van der Waals surface area contributed by atoms with Crippen molar-refractivity contribution in [2.75, 3.05) is 6.54 Å². The van der Waals surface area contributed by atoms with E-state index in [9.17, 15) is 0 Å². The van der Waals surface area contributed by atoms with Crippen molar-refractivity contribution in [2.45, 2.75) is 39.3 Å². The Morgan fingerprint density at radius 3 is 3.00 bits per heavy atom. The van der Waals surface area contributed by atoms with E-state index in [-0.39, 0.29) is 0 Å². The van der Waals surface area contributed by atoms with Gasteiger partial charge < -0.3 is 9.88 Å². The summed E-state index contributed by atoms with van der Waals surface area (Å²) in [5.41, 5.74) is 1.23. The van der Waals surface area contributed by atoms with Crippen LogP contribution in [0.15, 0.2) is 24.1 Å². The maximum absolute atomic E-state index is 4.43. The molecule has 2 heterocycles. The Morgan fingerprint density at radius 2 is 2.33 bits per heavy atom. The van der Waals surface area contributed by atoms with Gasteiger partial charge in [0.15, 0.2) is 0 Å². The highest BCUT2D eigenvalue weighted by Crippen LogP contribution is 2.25. The van der Waals surface area contributed by atoms with Crippen LogP contribution in [0.5, 0.6) is 0 Å². The molecular formula is C13H20N4S. The number of thiazole rings is 1. The second kappa shape index (κ2) is 6.66. The third-order valence-electron chi connectivity index (χ3n) is 2.94. The van der Waals surface area contributed by atoms with Gasteiger partial charge in [-0.1, -0.05) is 13.8 Å². The zero-order chi connectivity index (χ0) is 12.8. The molecule has 5 heteroatoms. The summed E-state index contributed by atoms with van der Waals surface area (Å²) in [4.78, 5) is 8.71. The average molecular weight is 264 g/mol. The Morgan fingerprint density at radius 1 is 1.44 bits per heavy atom. The highest BCUT2D eigenvalue weighted by atomic mass is 32.1. The SMILES string of the molecule is CCCNCc1cncn1C(CC)c1nccs1. The number of hydrogen-bond acceptors (Lipinski definition) is 4. The van der Waals surface area contributed by atoms with Crippen LogP contribution in [0.3, 0.4) is 0 Å². The van der Waals surface area contributed by atoms with Gasteiger partial charge in [-0.25, -0.2) is 9.97 Å². The smallest absolute Gasteiger partial charge is 0.115 e. The van der Waals surface area contributed by atoms with E-state index in [4.69, 9.17) is 0 Å². The molecule has 18 heavy (non-hydrogen) atoms. The molecular weight excluding hydrogens is 244 g/mol. The first-order chi connectivity index (χ1) is 8.86. The summed E-state index contributed by atoms with van der Waals surface area (Å²) < 4.78 is 2.24. The molecule has 0 amide bonds. The molecule has 0 aliphatic carbocycles. The molecule has 0 fully saturated rings. The van der Waals surface area contributed by atoms with Crippen LogP contribution >= 0.6 is 11.3 Å². The maximum Gasteiger partial charge on any atom is 0.115 e. The number of rotatable bonds is 7. The fourth-order valence-corrected chi connectivity index (χ4v) is 2.85. The lowest BCUT2D eigenvalue weighted by Gasteiger charge is -2.17. The van der Waals surface area contributed by atoms with E-state index in [1.165, 1.54) is 5.69 Å². The van der Waals surface area contributed by atoms with Crippen molar-refractivity contribution >= 4 is 11.3 Å². The van der Waals surface area contributed by atoms with Gasteiger partial charge in [-0.2, -0.15) is 0 Å². The largest absolute Gasteiger partial charge is 0.323 e. The van der Waals surface area contributed by atoms with E-state index in [0.717, 1.165) is 30.9 Å². The van der Waals surface area contributed by atoms with Crippen LogP contribution in [0, 0.1) is 0 Å². The quantitative estimate of drug-likeness (QED) is 0.782. The van der Waals surface area contributed by atoms with E-state index in [2.05, 4.69) is 33.7 Å². The lowest BCUT2D eigenvalue weighted by atomic mass is 10.2. The zero-order valence-corrected chi connectivity index (χ0v) is 11.8. The third kappa shape index (κ3) is 2.97. The minimum absolute atomic E-state index is 0.311. The van der Waals surface area contributed by atoms with Crippen LogP contribution in [-0.4, -0.2) is 21.1 Å². The molecule has 0 aliphatic heterocycles. The monoisotopic (exact) mass is 264 g/mol. The number of nitrogens with one attached hydrogen (secondary N) is 1. The average Bonchev–Trinajstić information content (AvgIpc) is 3.03. The normalized spacial score (nSPS) is 12.8. The minimum atomic E-state index is 0.311. The Hall–Kier alpha value is -1.20. The number of imidazole rings is 1. The summed E-state index contributed by atoms with van der Waals surface area (Å²) in [6.45, 7) is 6.28. The molecule has 0 aliphatic rings. The molecule has 4 nitrogen and oxygen atoms in total. The van der Waals surface area contributed by atoms with E-state index in [0.29, 0.717) is 6.04 Å². The van der Waals surface area contributed by atoms with Gasteiger partial charge >= 0.3 is 0 Å². The van der Waals surface area contributed by atoms with Gasteiger partial charge in [0.25, 0.3) is 0 Å². The van der Waals surface area contributed by atoms with Gasteiger partial charge in [0, 0.05) is 24.3 Å². The molecule has 1 atom stereocenters. The highest BCUT2D eigenvalue weighted by Gasteiger charge is 2.16. The lowest BCUT2D eigenvalue weighted by Crippen LogP contribution is -2.19. The summed E-state index contributed by atoms with van der Waals surface area (Å²) >= 11 is 1.71. The van der Waals surface area contributed by atoms with Crippen LogP contribution in [0.4, 0.5) is 0 Å². The fraction of sp³-hybridized carbons (Fsp3) is 0.538. The van der Waals surface area contributed by atoms with E-state index in [1.54, 1.807) is 11.3 Å². The van der Waals surface area contributed by atoms with Crippen LogP contribution in [0.1, 0.15) is 43.4 Å². The van der Waals surface area contributed by atoms with Crippen molar-refractivity contribution in [3.63, 3.8) is 0 Å². The van der Waals surface area contributed by atoms with E-state index in [1.807, 2.05) is 24.1 Å². The Labute approximate surface area is 112 Å². The van der Waals surface area contributed by atoms with Crippen molar-refractivity contribution in [3.05, 3.63) is 34.8 Å². The molecule has 1 unspecified atom stereocenters. The van der Waals surface area contributed by atoms with Gasteiger partial charge in [0.2, 0.25) is 0 Å². The molecule has 98 valence electrons. The van der Waals surface area contributed by atoms with Gasteiger partial charge in [0.05, 0.1) is 18.1 Å². The molecule has 0 radical (unpaired) electrons. The summed E-state index contributed by atoms with van der Waals surface area (Å²) in [6, 6.07) is 0.311. The van der Waals surface area contributed by atoms with Crippen LogP contribution in [0.2, 0.25) is 0 Å². The summed E-state index contributed by atoms with van der Waals surface area (Å²) in [5, 5.41) is 6.62. The van der Waals surface area contributed by atoms with Gasteiger partial charge in [-0.3, -0.25) is 0 Å². The molecule has 2 rings (SSSR count). The minimum Gasteiger partial charge on any atom is -0.323 e. The zero-order valence-electron chi connectivity index (χ0n) is 11.0. The van der Waals surface area contributed by atoms with Crippen LogP contribution < -0.4 is 5.32 Å². The Kier molecular flexibility index (Phi) is 4.90. The van der Waals surface area contributed by atoms with Crippen molar-refractivity contribution in [2.24, 2.45) is 0 Å². The molecule has 1 N–H and O–H groups in total. The molecule has 0 spiro atoms. The number of nitrogens with zero attached hydrogens (tertiary/aromatic N) is 3. The second-order valence-corrected chi connectivity index (χ2v) is 5.19. The highest BCUT2D eigenvalue weighted by molar-refractivity contribution is 7.09. The first-order valence-corrected chi connectivity index (χ1v) is 7.35. The first-order valence-electron chi connectivity index (χ1n) is 6.47. The second-order valence-electron chi connectivity index (χ2n) is 4.26. The van der Waals surface area contributed by atoms with E-state index >= 15 is 0 Å². The predicted octanol–water partition coefficient (Wildman–Crippen LogP) is 2.84. The van der Waals surface area contributed by atoms with Crippen molar-refractivity contribution in [1.29, 1.82) is 0 Å². The van der Waals surface area contributed by atoms with Gasteiger partial charge in [-0.15, -0.1) is 11.3 Å². The van der Waals surface area contributed by atoms with E-state index < -0.39 is 0 Å². The molecule has 2 aromatic heterocycles. The maximum atomic E-state index is 4.43. The molecule has 2 aromatic rings. The molecule has 0 saturated heterocycles. The van der Waals surface area contributed by atoms with Gasteiger partial charge in [0.1, 0.15) is 5.01 Å². The fourth-order valence-electron chi connectivity index (χ4n) is 2.03. The standard InChI is InChI=1S/C13H20N4S/c1-3-5-14-8-11-9-15-10-17(11)12(4-2)13-16-6-7-18-13/h6-7,9-10,12,14H,3-5,8H2,1-2H3. The molecule has 0 saturated carbocycles.